The number of methoxy groups -OCH3 is 1. The van der Waals surface area contributed by atoms with Gasteiger partial charge in [0.25, 0.3) is 0 Å². The maximum atomic E-state index is 11.7. The quantitative estimate of drug-likeness (QED) is 0.668. The van der Waals surface area contributed by atoms with Crippen molar-refractivity contribution in [2.75, 3.05) is 36.1 Å². The van der Waals surface area contributed by atoms with E-state index >= 15 is 0 Å². The number of fused-ring (bicyclic) bond motifs is 1. The summed E-state index contributed by atoms with van der Waals surface area (Å²) < 4.78 is 4.85. The first-order valence-electron chi connectivity index (χ1n) is 9.21. The number of anilines is 4. The normalized spacial score (nSPS) is 14.8. The molecule has 8 heteroatoms. The number of esters is 1. The summed E-state index contributed by atoms with van der Waals surface area (Å²) in [5.41, 5.74) is 8.55. The molecular formula is C20H22N6O2. The van der Waals surface area contributed by atoms with E-state index in [1.54, 1.807) is 6.20 Å². The van der Waals surface area contributed by atoms with Gasteiger partial charge in [0.1, 0.15) is 12.0 Å². The van der Waals surface area contributed by atoms with E-state index in [1.807, 2.05) is 30.3 Å². The number of aromatic nitrogens is 3. The molecule has 0 atom stereocenters. The number of rotatable bonds is 4. The van der Waals surface area contributed by atoms with Crippen LogP contribution in [0.15, 0.2) is 42.9 Å². The Balaban J connectivity index is 1.57. The summed E-state index contributed by atoms with van der Waals surface area (Å²) in [4.78, 5) is 27.0. The molecule has 1 fully saturated rings. The average Bonchev–Trinajstić information content (AvgIpc) is 2.75. The van der Waals surface area contributed by atoms with Crippen LogP contribution in [0.3, 0.4) is 0 Å². The first-order chi connectivity index (χ1) is 13.7. The molecule has 3 N–H and O–H groups in total. The van der Waals surface area contributed by atoms with E-state index in [0.717, 1.165) is 16.6 Å². The average molecular weight is 378 g/mol. The van der Waals surface area contributed by atoms with Crippen molar-refractivity contribution in [2.45, 2.75) is 12.8 Å². The van der Waals surface area contributed by atoms with Gasteiger partial charge in [0.15, 0.2) is 11.6 Å². The molecule has 1 saturated heterocycles. The van der Waals surface area contributed by atoms with Crippen LogP contribution in [-0.4, -0.2) is 41.1 Å². The fraction of sp³-hybridized carbons (Fsp3) is 0.300. The van der Waals surface area contributed by atoms with Crippen molar-refractivity contribution in [2.24, 2.45) is 5.92 Å². The zero-order valence-electron chi connectivity index (χ0n) is 15.6. The Morgan fingerprint density at radius 3 is 2.75 bits per heavy atom. The molecule has 4 rings (SSSR count). The molecule has 1 aliphatic rings. The number of hydrogen-bond donors (Lipinski definition) is 2. The second-order valence-electron chi connectivity index (χ2n) is 6.75. The third-order valence-electron chi connectivity index (χ3n) is 5.08. The first-order valence-corrected chi connectivity index (χ1v) is 9.21. The van der Waals surface area contributed by atoms with E-state index in [4.69, 9.17) is 10.5 Å². The Hall–Kier alpha value is -3.42. The number of nitrogen functional groups attached to an aromatic ring is 1. The summed E-state index contributed by atoms with van der Waals surface area (Å²) in [6.45, 7) is 1.38. The van der Waals surface area contributed by atoms with Gasteiger partial charge in [-0.3, -0.25) is 9.78 Å². The number of piperidine rings is 1. The van der Waals surface area contributed by atoms with Gasteiger partial charge in [-0.05, 0) is 25.0 Å². The maximum absolute atomic E-state index is 11.7. The predicted molar refractivity (Wildman–Crippen MR) is 108 cm³/mol. The second kappa shape index (κ2) is 7.67. The lowest BCUT2D eigenvalue weighted by Crippen LogP contribution is -2.37. The number of nitrogens with one attached hydrogen (secondary N) is 1. The van der Waals surface area contributed by atoms with Gasteiger partial charge in [-0.2, -0.15) is 0 Å². The lowest BCUT2D eigenvalue weighted by Gasteiger charge is -2.32. The molecule has 1 aromatic carbocycles. The Morgan fingerprint density at radius 2 is 1.96 bits per heavy atom. The largest absolute Gasteiger partial charge is 0.469 e. The molecule has 0 spiro atoms. The smallest absolute Gasteiger partial charge is 0.308 e. The standard InChI is InChI=1S/C20H22N6O2/c1-28-20(27)14-7-10-26(11-8-14)19-16(21)18(23-12-24-19)25-15-6-2-4-13-5-3-9-22-17(13)15/h2-6,9,12,14H,7-8,10-11,21H2,1H3,(H,23,24,25). The van der Waals surface area contributed by atoms with Gasteiger partial charge in [-0.25, -0.2) is 9.97 Å². The summed E-state index contributed by atoms with van der Waals surface area (Å²) in [7, 11) is 1.43. The zero-order chi connectivity index (χ0) is 19.5. The Labute approximate surface area is 162 Å². The fourth-order valence-corrected chi connectivity index (χ4v) is 3.56. The van der Waals surface area contributed by atoms with Crippen LogP contribution in [0.2, 0.25) is 0 Å². The second-order valence-corrected chi connectivity index (χ2v) is 6.75. The number of pyridine rings is 1. The van der Waals surface area contributed by atoms with Crippen molar-refractivity contribution in [3.05, 3.63) is 42.9 Å². The third kappa shape index (κ3) is 3.40. The van der Waals surface area contributed by atoms with Crippen molar-refractivity contribution in [3.63, 3.8) is 0 Å². The van der Waals surface area contributed by atoms with Crippen LogP contribution >= 0.6 is 0 Å². The topological polar surface area (TPSA) is 106 Å². The van der Waals surface area contributed by atoms with Crippen molar-refractivity contribution < 1.29 is 9.53 Å². The molecule has 1 aliphatic heterocycles. The van der Waals surface area contributed by atoms with Crippen LogP contribution in [0.5, 0.6) is 0 Å². The molecule has 2 aromatic heterocycles. The minimum atomic E-state index is -0.152. The summed E-state index contributed by atoms with van der Waals surface area (Å²) in [5, 5.41) is 4.32. The lowest BCUT2D eigenvalue weighted by atomic mass is 9.97. The van der Waals surface area contributed by atoms with Crippen LogP contribution in [0, 0.1) is 5.92 Å². The summed E-state index contributed by atoms with van der Waals surface area (Å²) in [6, 6.07) is 9.82. The number of hydrogen-bond acceptors (Lipinski definition) is 8. The molecule has 3 aromatic rings. The summed E-state index contributed by atoms with van der Waals surface area (Å²) in [6.07, 6.45) is 4.69. The minimum Gasteiger partial charge on any atom is -0.469 e. The Morgan fingerprint density at radius 1 is 1.18 bits per heavy atom. The van der Waals surface area contributed by atoms with E-state index in [0.29, 0.717) is 43.3 Å². The highest BCUT2D eigenvalue weighted by molar-refractivity contribution is 5.93. The van der Waals surface area contributed by atoms with Crippen LogP contribution in [0.1, 0.15) is 12.8 Å². The Bertz CT molecular complexity index is 996. The van der Waals surface area contributed by atoms with Crippen LogP contribution in [0.4, 0.5) is 23.0 Å². The molecule has 0 bridgehead atoms. The van der Waals surface area contributed by atoms with E-state index in [9.17, 15) is 4.79 Å². The molecule has 0 unspecified atom stereocenters. The van der Waals surface area contributed by atoms with Gasteiger partial charge in [-0.1, -0.05) is 18.2 Å². The summed E-state index contributed by atoms with van der Waals surface area (Å²) in [5.74, 6) is 0.997. The van der Waals surface area contributed by atoms with Crippen molar-refractivity contribution in [3.8, 4) is 0 Å². The molecule has 0 aliphatic carbocycles. The van der Waals surface area contributed by atoms with E-state index in [-0.39, 0.29) is 11.9 Å². The van der Waals surface area contributed by atoms with Crippen molar-refractivity contribution in [1.82, 2.24) is 15.0 Å². The number of carbonyl (C=O) groups is 1. The monoisotopic (exact) mass is 378 g/mol. The SMILES string of the molecule is COC(=O)C1CCN(c2ncnc(Nc3cccc4cccnc34)c2N)CC1. The van der Waals surface area contributed by atoms with E-state index < -0.39 is 0 Å². The number of para-hydroxylation sites is 1. The van der Waals surface area contributed by atoms with E-state index in [2.05, 4.69) is 25.2 Å². The van der Waals surface area contributed by atoms with Gasteiger partial charge in [0.2, 0.25) is 0 Å². The molecule has 8 nitrogen and oxygen atoms in total. The molecule has 0 saturated carbocycles. The van der Waals surface area contributed by atoms with Gasteiger partial charge in [-0.15, -0.1) is 0 Å². The highest BCUT2D eigenvalue weighted by atomic mass is 16.5. The molecule has 0 radical (unpaired) electrons. The Kier molecular flexibility index (Phi) is 4.92. The highest BCUT2D eigenvalue weighted by Gasteiger charge is 2.27. The fourth-order valence-electron chi connectivity index (χ4n) is 3.56. The number of carbonyl (C=O) groups excluding carboxylic acids is 1. The molecular weight excluding hydrogens is 356 g/mol. The maximum Gasteiger partial charge on any atom is 0.308 e. The van der Waals surface area contributed by atoms with E-state index in [1.165, 1.54) is 13.4 Å². The zero-order valence-corrected chi connectivity index (χ0v) is 15.6. The lowest BCUT2D eigenvalue weighted by molar-refractivity contribution is -0.146. The number of nitrogens with two attached hydrogens (primary N) is 1. The third-order valence-corrected chi connectivity index (χ3v) is 5.08. The van der Waals surface area contributed by atoms with Crippen LogP contribution in [0.25, 0.3) is 10.9 Å². The molecule has 28 heavy (non-hydrogen) atoms. The van der Waals surface area contributed by atoms with Gasteiger partial charge < -0.3 is 20.7 Å². The molecule has 3 heterocycles. The van der Waals surface area contributed by atoms with Gasteiger partial charge in [0.05, 0.1) is 24.2 Å². The van der Waals surface area contributed by atoms with Crippen molar-refractivity contribution >= 4 is 39.9 Å². The molecule has 144 valence electrons. The minimum absolute atomic E-state index is 0.0661. The first kappa shape index (κ1) is 18.0. The summed E-state index contributed by atoms with van der Waals surface area (Å²) >= 11 is 0. The number of benzene rings is 1. The predicted octanol–water partition coefficient (Wildman–Crippen LogP) is 2.74. The van der Waals surface area contributed by atoms with Crippen LogP contribution < -0.4 is 16.0 Å². The van der Waals surface area contributed by atoms with Gasteiger partial charge in [0, 0.05) is 24.7 Å². The van der Waals surface area contributed by atoms with Crippen molar-refractivity contribution in [1.29, 1.82) is 0 Å². The number of nitrogens with zero attached hydrogens (tertiary/aromatic N) is 4. The molecule has 0 amide bonds. The van der Waals surface area contributed by atoms with Gasteiger partial charge >= 0.3 is 5.97 Å². The van der Waals surface area contributed by atoms with Crippen LogP contribution in [-0.2, 0) is 9.53 Å². The highest BCUT2D eigenvalue weighted by Crippen LogP contribution is 2.32. The number of ether oxygens (including phenoxy) is 1.